The van der Waals surface area contributed by atoms with Crippen molar-refractivity contribution in [3.05, 3.63) is 45.9 Å². The zero-order chi connectivity index (χ0) is 13.9. The quantitative estimate of drug-likeness (QED) is 0.909. The second kappa shape index (κ2) is 5.63. The van der Waals surface area contributed by atoms with Crippen molar-refractivity contribution in [2.75, 3.05) is 0 Å². The van der Waals surface area contributed by atoms with Gasteiger partial charge in [-0.15, -0.1) is 11.3 Å². The molecule has 0 radical (unpaired) electrons. The summed E-state index contributed by atoms with van der Waals surface area (Å²) >= 11 is 1.55. The normalized spacial score (nSPS) is 16.9. The van der Waals surface area contributed by atoms with Crippen molar-refractivity contribution in [3.63, 3.8) is 0 Å². The number of aryl methyl sites for hydroxylation is 1. The van der Waals surface area contributed by atoms with Crippen LogP contribution in [0.25, 0.3) is 0 Å². The molecule has 2 aromatic rings. The molecule has 0 saturated carbocycles. The summed E-state index contributed by atoms with van der Waals surface area (Å²) in [7, 11) is 0. The predicted octanol–water partition coefficient (Wildman–Crippen LogP) is 2.59. The van der Waals surface area contributed by atoms with Gasteiger partial charge < -0.3 is 10.4 Å². The summed E-state index contributed by atoms with van der Waals surface area (Å²) in [5.41, 5.74) is 4.77. The summed E-state index contributed by atoms with van der Waals surface area (Å²) in [6, 6.07) is 5.53. The van der Waals surface area contributed by atoms with Gasteiger partial charge in [-0.05, 0) is 36.5 Å². The van der Waals surface area contributed by atoms with Gasteiger partial charge in [0.25, 0.3) is 0 Å². The fourth-order valence-corrected chi connectivity index (χ4v) is 3.25. The van der Waals surface area contributed by atoms with Gasteiger partial charge in [-0.25, -0.2) is 4.98 Å². The number of rotatable bonds is 4. The van der Waals surface area contributed by atoms with Gasteiger partial charge in [0.15, 0.2) is 0 Å². The number of nitrogens with one attached hydrogen (secondary N) is 1. The molecular formula is C15H16N2O2S. The molecule has 5 heteroatoms. The number of thiazole rings is 1. The van der Waals surface area contributed by atoms with Gasteiger partial charge in [0, 0.05) is 11.8 Å². The minimum absolute atomic E-state index is 0.0278. The van der Waals surface area contributed by atoms with E-state index in [1.165, 1.54) is 0 Å². The van der Waals surface area contributed by atoms with Crippen LogP contribution in [0.4, 0.5) is 0 Å². The van der Waals surface area contributed by atoms with Crippen LogP contribution in [0.5, 0.6) is 5.75 Å². The summed E-state index contributed by atoms with van der Waals surface area (Å²) in [6.07, 6.45) is 2.80. The van der Waals surface area contributed by atoms with Crippen LogP contribution in [0.1, 0.15) is 35.7 Å². The molecule has 0 bridgehead atoms. The van der Waals surface area contributed by atoms with E-state index in [0.717, 1.165) is 29.7 Å². The van der Waals surface area contributed by atoms with E-state index in [9.17, 15) is 9.90 Å². The largest absolute Gasteiger partial charge is 0.508 e. The number of aromatic hydroxyl groups is 1. The summed E-state index contributed by atoms with van der Waals surface area (Å²) in [5.74, 6) is 0.376. The third kappa shape index (κ3) is 2.67. The number of hydrogen-bond acceptors (Lipinski definition) is 4. The number of phenolic OH excluding ortho intramolecular Hbond substituents is 1. The zero-order valence-corrected chi connectivity index (χ0v) is 11.8. The highest BCUT2D eigenvalue weighted by Crippen LogP contribution is 2.36. The van der Waals surface area contributed by atoms with E-state index in [1.54, 1.807) is 22.9 Å². The van der Waals surface area contributed by atoms with E-state index in [4.69, 9.17) is 0 Å². The molecule has 0 saturated heterocycles. The zero-order valence-electron chi connectivity index (χ0n) is 11.0. The molecule has 0 spiro atoms. The number of nitrogens with zero attached hydrogens (tertiary/aromatic N) is 1. The summed E-state index contributed by atoms with van der Waals surface area (Å²) in [4.78, 5) is 16.2. The smallest absolute Gasteiger partial charge is 0.220 e. The van der Waals surface area contributed by atoms with Gasteiger partial charge in [-0.1, -0.05) is 12.1 Å². The Morgan fingerprint density at radius 2 is 2.40 bits per heavy atom. The lowest BCUT2D eigenvalue weighted by molar-refractivity contribution is -0.121. The van der Waals surface area contributed by atoms with Crippen LogP contribution in [-0.2, 0) is 17.6 Å². The second-order valence-electron chi connectivity index (χ2n) is 4.98. The molecule has 104 valence electrons. The fourth-order valence-electron chi connectivity index (χ4n) is 2.65. The van der Waals surface area contributed by atoms with Gasteiger partial charge in [0.05, 0.1) is 17.2 Å². The minimum atomic E-state index is 0.0278. The molecule has 20 heavy (non-hydrogen) atoms. The van der Waals surface area contributed by atoms with Gasteiger partial charge >= 0.3 is 0 Å². The van der Waals surface area contributed by atoms with Gasteiger partial charge in [0.1, 0.15) is 5.75 Å². The number of benzene rings is 1. The molecule has 1 atom stereocenters. The van der Waals surface area contributed by atoms with Crippen molar-refractivity contribution in [1.82, 2.24) is 10.3 Å². The van der Waals surface area contributed by atoms with Crippen LogP contribution < -0.4 is 5.32 Å². The van der Waals surface area contributed by atoms with Crippen molar-refractivity contribution in [2.45, 2.75) is 31.7 Å². The molecule has 1 aliphatic carbocycles. The van der Waals surface area contributed by atoms with Gasteiger partial charge in [-0.2, -0.15) is 0 Å². The van der Waals surface area contributed by atoms with Crippen molar-refractivity contribution in [1.29, 1.82) is 0 Å². The van der Waals surface area contributed by atoms with E-state index in [1.807, 2.05) is 17.5 Å². The Morgan fingerprint density at radius 1 is 1.50 bits per heavy atom. The molecule has 1 heterocycles. The first-order valence-corrected chi connectivity index (χ1v) is 7.65. The van der Waals surface area contributed by atoms with Gasteiger partial charge in [0.2, 0.25) is 5.91 Å². The highest BCUT2D eigenvalue weighted by molar-refractivity contribution is 7.07. The van der Waals surface area contributed by atoms with Crippen LogP contribution in [0.3, 0.4) is 0 Å². The molecule has 1 unspecified atom stereocenters. The highest BCUT2D eigenvalue weighted by Gasteiger charge is 2.25. The minimum Gasteiger partial charge on any atom is -0.508 e. The second-order valence-corrected chi connectivity index (χ2v) is 5.70. The third-order valence-electron chi connectivity index (χ3n) is 3.67. The Hall–Kier alpha value is -1.88. The molecule has 2 N–H and O–H groups in total. The molecule has 0 aliphatic heterocycles. The molecule has 1 aliphatic rings. The van der Waals surface area contributed by atoms with E-state index >= 15 is 0 Å². The standard InChI is InChI=1S/C15H16N2O2S/c18-14-3-1-2-11-12(14)5-6-13(11)17-15(19)7-4-10-8-20-9-16-10/h1-3,8-9,13,18H,4-7H2,(H,17,19). The average Bonchev–Trinajstić information content (AvgIpc) is 3.07. The molecule has 1 aromatic carbocycles. The highest BCUT2D eigenvalue weighted by atomic mass is 32.1. The van der Waals surface area contributed by atoms with E-state index in [-0.39, 0.29) is 11.9 Å². The number of hydrogen-bond donors (Lipinski definition) is 2. The molecule has 1 aromatic heterocycles. The summed E-state index contributed by atoms with van der Waals surface area (Å²) in [5, 5.41) is 14.8. The molecule has 3 rings (SSSR count). The number of carbonyl (C=O) groups is 1. The number of phenols is 1. The monoisotopic (exact) mass is 288 g/mol. The molecule has 0 fully saturated rings. The SMILES string of the molecule is O=C(CCc1cscn1)NC1CCc2c(O)cccc21. The first-order chi connectivity index (χ1) is 9.74. The number of aromatic nitrogens is 1. The molecule has 1 amide bonds. The Balaban J connectivity index is 1.60. The van der Waals surface area contributed by atoms with Crippen LogP contribution in [0.15, 0.2) is 29.1 Å². The van der Waals surface area contributed by atoms with E-state index in [2.05, 4.69) is 10.3 Å². The first-order valence-electron chi connectivity index (χ1n) is 6.71. The Morgan fingerprint density at radius 3 is 3.20 bits per heavy atom. The predicted molar refractivity (Wildman–Crippen MR) is 77.7 cm³/mol. The summed E-state index contributed by atoms with van der Waals surface area (Å²) < 4.78 is 0. The lowest BCUT2D eigenvalue weighted by Crippen LogP contribution is -2.27. The van der Waals surface area contributed by atoms with Crippen LogP contribution >= 0.6 is 11.3 Å². The van der Waals surface area contributed by atoms with Crippen molar-refractivity contribution in [2.24, 2.45) is 0 Å². The fraction of sp³-hybridized carbons (Fsp3) is 0.333. The maximum Gasteiger partial charge on any atom is 0.220 e. The maximum absolute atomic E-state index is 12.0. The third-order valence-corrected chi connectivity index (χ3v) is 4.31. The maximum atomic E-state index is 12.0. The molecular weight excluding hydrogens is 272 g/mol. The number of amides is 1. The number of carbonyl (C=O) groups excluding carboxylic acids is 1. The van der Waals surface area contributed by atoms with Gasteiger partial charge in [-0.3, -0.25) is 4.79 Å². The van der Waals surface area contributed by atoms with Crippen molar-refractivity contribution >= 4 is 17.2 Å². The lowest BCUT2D eigenvalue weighted by atomic mass is 10.1. The van der Waals surface area contributed by atoms with Crippen molar-refractivity contribution in [3.8, 4) is 5.75 Å². The topological polar surface area (TPSA) is 62.2 Å². The Kier molecular flexibility index (Phi) is 3.69. The van der Waals surface area contributed by atoms with Crippen LogP contribution in [0, 0.1) is 0 Å². The van der Waals surface area contributed by atoms with Crippen LogP contribution in [-0.4, -0.2) is 16.0 Å². The van der Waals surface area contributed by atoms with Crippen molar-refractivity contribution < 1.29 is 9.90 Å². The Labute approximate surface area is 121 Å². The lowest BCUT2D eigenvalue weighted by Gasteiger charge is -2.14. The average molecular weight is 288 g/mol. The van der Waals surface area contributed by atoms with E-state index in [0.29, 0.717) is 18.6 Å². The number of fused-ring (bicyclic) bond motifs is 1. The molecule has 4 nitrogen and oxygen atoms in total. The Bertz CT molecular complexity index is 610. The first kappa shape index (κ1) is 13.1. The summed E-state index contributed by atoms with van der Waals surface area (Å²) in [6.45, 7) is 0. The van der Waals surface area contributed by atoms with E-state index < -0.39 is 0 Å². The van der Waals surface area contributed by atoms with Crippen LogP contribution in [0.2, 0.25) is 0 Å².